The highest BCUT2D eigenvalue weighted by Gasteiger charge is 2.25. The largest absolute Gasteiger partial charge is 0.449 e. The summed E-state index contributed by atoms with van der Waals surface area (Å²) in [5.74, 6) is -2.14. The number of urea groups is 1. The third-order valence-electron chi connectivity index (χ3n) is 3.72. The molecule has 0 aliphatic carbocycles. The van der Waals surface area contributed by atoms with Gasteiger partial charge in [-0.15, -0.1) is 0 Å². The minimum atomic E-state index is -1.26. The van der Waals surface area contributed by atoms with Gasteiger partial charge in [-0.1, -0.05) is 30.3 Å². The number of hydrogen-bond donors (Lipinski definition) is 2. The number of nitrogens with zero attached hydrogens (tertiary/aromatic N) is 1. The van der Waals surface area contributed by atoms with Crippen LogP contribution >= 0.6 is 0 Å². The van der Waals surface area contributed by atoms with E-state index in [-0.39, 0.29) is 11.1 Å². The Labute approximate surface area is 155 Å². The van der Waals surface area contributed by atoms with Crippen molar-refractivity contribution in [1.29, 1.82) is 0 Å². The van der Waals surface area contributed by atoms with Crippen molar-refractivity contribution in [3.8, 4) is 0 Å². The van der Waals surface area contributed by atoms with Crippen molar-refractivity contribution in [2.75, 3.05) is 11.9 Å². The average Bonchev–Trinajstić information content (AvgIpc) is 2.66. The first-order chi connectivity index (χ1) is 12.8. The van der Waals surface area contributed by atoms with Crippen LogP contribution in [0.25, 0.3) is 0 Å². The number of rotatable bonds is 5. The number of carbonyl (C=O) groups is 4. The number of primary amides is 1. The SMILES string of the molecule is C[C@@H](OC(=O)c1ccccc1C(=O)N(C)c1ccccc1)C(=O)NC(N)=O. The third-order valence-corrected chi connectivity index (χ3v) is 3.72. The van der Waals surface area contributed by atoms with Crippen molar-refractivity contribution in [2.24, 2.45) is 5.73 Å². The molecule has 140 valence electrons. The number of para-hydroxylation sites is 1. The molecular weight excluding hydrogens is 350 g/mol. The second-order valence-electron chi connectivity index (χ2n) is 5.65. The van der Waals surface area contributed by atoms with Crippen molar-refractivity contribution in [3.05, 3.63) is 65.7 Å². The molecule has 0 radical (unpaired) electrons. The molecule has 0 aromatic heterocycles. The molecule has 2 aromatic carbocycles. The van der Waals surface area contributed by atoms with Crippen LogP contribution in [0, 0.1) is 0 Å². The van der Waals surface area contributed by atoms with Crippen molar-refractivity contribution in [2.45, 2.75) is 13.0 Å². The summed E-state index contributed by atoms with van der Waals surface area (Å²) in [4.78, 5) is 49.0. The Hall–Kier alpha value is -3.68. The van der Waals surface area contributed by atoms with Crippen LogP contribution in [0.2, 0.25) is 0 Å². The van der Waals surface area contributed by atoms with Gasteiger partial charge in [0, 0.05) is 12.7 Å². The quantitative estimate of drug-likeness (QED) is 0.778. The molecule has 2 rings (SSSR count). The maximum atomic E-state index is 12.8. The van der Waals surface area contributed by atoms with E-state index in [1.165, 1.54) is 24.0 Å². The van der Waals surface area contributed by atoms with Gasteiger partial charge in [-0.3, -0.25) is 14.9 Å². The lowest BCUT2D eigenvalue weighted by Gasteiger charge is -2.19. The lowest BCUT2D eigenvalue weighted by molar-refractivity contribution is -0.127. The molecule has 0 heterocycles. The summed E-state index contributed by atoms with van der Waals surface area (Å²) in [6.07, 6.45) is -1.26. The Kier molecular flexibility index (Phi) is 6.27. The van der Waals surface area contributed by atoms with E-state index < -0.39 is 29.9 Å². The Morgan fingerprint density at radius 2 is 1.52 bits per heavy atom. The third kappa shape index (κ3) is 4.91. The smallest absolute Gasteiger partial charge is 0.339 e. The van der Waals surface area contributed by atoms with Crippen LogP contribution in [0.5, 0.6) is 0 Å². The first kappa shape index (κ1) is 19.6. The van der Waals surface area contributed by atoms with E-state index in [4.69, 9.17) is 10.5 Å². The topological polar surface area (TPSA) is 119 Å². The Balaban J connectivity index is 2.22. The minimum absolute atomic E-state index is 0.00371. The fraction of sp³-hybridized carbons (Fsp3) is 0.158. The summed E-state index contributed by atoms with van der Waals surface area (Å²) in [5.41, 5.74) is 5.64. The van der Waals surface area contributed by atoms with Crippen LogP contribution in [-0.2, 0) is 9.53 Å². The second-order valence-corrected chi connectivity index (χ2v) is 5.65. The summed E-state index contributed by atoms with van der Waals surface area (Å²) >= 11 is 0. The minimum Gasteiger partial charge on any atom is -0.449 e. The van der Waals surface area contributed by atoms with Crippen molar-refractivity contribution >= 4 is 29.5 Å². The first-order valence-electron chi connectivity index (χ1n) is 8.04. The number of nitrogens with one attached hydrogen (secondary N) is 1. The lowest BCUT2D eigenvalue weighted by atomic mass is 10.1. The van der Waals surface area contributed by atoms with E-state index in [1.807, 2.05) is 11.4 Å². The molecular formula is C19H19N3O5. The fourth-order valence-corrected chi connectivity index (χ4v) is 2.30. The number of carbonyl (C=O) groups excluding carboxylic acids is 4. The zero-order valence-electron chi connectivity index (χ0n) is 14.8. The Morgan fingerprint density at radius 1 is 0.963 bits per heavy atom. The van der Waals surface area contributed by atoms with Crippen LogP contribution in [0.3, 0.4) is 0 Å². The van der Waals surface area contributed by atoms with Crippen molar-refractivity contribution in [3.63, 3.8) is 0 Å². The second kappa shape index (κ2) is 8.61. The monoisotopic (exact) mass is 369 g/mol. The van der Waals surface area contributed by atoms with Crippen molar-refractivity contribution in [1.82, 2.24) is 5.32 Å². The molecule has 0 bridgehead atoms. The zero-order valence-corrected chi connectivity index (χ0v) is 14.8. The number of amides is 4. The molecule has 1 atom stereocenters. The number of nitrogens with two attached hydrogens (primary N) is 1. The molecule has 0 saturated carbocycles. The van der Waals surface area contributed by atoms with Gasteiger partial charge in [-0.05, 0) is 31.2 Å². The summed E-state index contributed by atoms with van der Waals surface area (Å²) in [6, 6.07) is 14.0. The molecule has 4 amide bonds. The fourth-order valence-electron chi connectivity index (χ4n) is 2.30. The van der Waals surface area contributed by atoms with Crippen LogP contribution in [0.15, 0.2) is 54.6 Å². The van der Waals surface area contributed by atoms with E-state index >= 15 is 0 Å². The Morgan fingerprint density at radius 3 is 2.11 bits per heavy atom. The number of benzene rings is 2. The molecule has 0 saturated heterocycles. The normalized spacial score (nSPS) is 11.2. The van der Waals surface area contributed by atoms with Gasteiger partial charge in [-0.25, -0.2) is 9.59 Å². The predicted octanol–water partition coefficient (Wildman–Crippen LogP) is 1.70. The molecule has 8 nitrogen and oxygen atoms in total. The van der Waals surface area contributed by atoms with Gasteiger partial charge in [0.1, 0.15) is 0 Å². The number of ether oxygens (including phenoxy) is 1. The van der Waals surface area contributed by atoms with Crippen LogP contribution in [-0.4, -0.2) is 37.0 Å². The molecule has 27 heavy (non-hydrogen) atoms. The van der Waals surface area contributed by atoms with Crippen LogP contribution < -0.4 is 16.0 Å². The molecule has 0 spiro atoms. The van der Waals surface area contributed by atoms with Gasteiger partial charge in [0.25, 0.3) is 11.8 Å². The summed E-state index contributed by atoms with van der Waals surface area (Å²) in [7, 11) is 1.59. The molecule has 2 aromatic rings. The molecule has 0 fully saturated rings. The van der Waals surface area contributed by atoms with Gasteiger partial charge >= 0.3 is 12.0 Å². The van der Waals surface area contributed by atoms with E-state index in [9.17, 15) is 19.2 Å². The number of esters is 1. The predicted molar refractivity (Wildman–Crippen MR) is 98.2 cm³/mol. The zero-order chi connectivity index (χ0) is 20.0. The molecule has 0 aliphatic rings. The van der Waals surface area contributed by atoms with E-state index in [1.54, 1.807) is 43.4 Å². The molecule has 3 N–H and O–H groups in total. The average molecular weight is 369 g/mol. The highest BCUT2D eigenvalue weighted by Crippen LogP contribution is 2.18. The highest BCUT2D eigenvalue weighted by atomic mass is 16.5. The van der Waals surface area contributed by atoms with Crippen LogP contribution in [0.1, 0.15) is 27.6 Å². The van der Waals surface area contributed by atoms with Crippen molar-refractivity contribution < 1.29 is 23.9 Å². The van der Waals surface area contributed by atoms with Crippen LogP contribution in [0.4, 0.5) is 10.5 Å². The van der Waals surface area contributed by atoms with Gasteiger partial charge in [0.05, 0.1) is 11.1 Å². The summed E-state index contributed by atoms with van der Waals surface area (Å²) < 4.78 is 5.05. The Bertz CT molecular complexity index is 867. The van der Waals surface area contributed by atoms with Gasteiger partial charge in [-0.2, -0.15) is 0 Å². The summed E-state index contributed by atoms with van der Waals surface area (Å²) in [6.45, 7) is 1.29. The van der Waals surface area contributed by atoms with Gasteiger partial charge in [0.2, 0.25) is 0 Å². The molecule has 8 heteroatoms. The van der Waals surface area contributed by atoms with Gasteiger partial charge < -0.3 is 15.4 Å². The lowest BCUT2D eigenvalue weighted by Crippen LogP contribution is -2.42. The number of anilines is 1. The highest BCUT2D eigenvalue weighted by molar-refractivity contribution is 6.12. The standard InChI is InChI=1S/C19H19N3O5/c1-12(16(23)21-19(20)26)27-18(25)15-11-7-6-10-14(15)17(24)22(2)13-8-4-3-5-9-13/h3-12H,1-2H3,(H3,20,21,23,26)/t12-/m1/s1. The number of imide groups is 1. The molecule has 0 aliphatic heterocycles. The van der Waals surface area contributed by atoms with E-state index in [2.05, 4.69) is 0 Å². The number of hydrogen-bond acceptors (Lipinski definition) is 5. The van der Waals surface area contributed by atoms with E-state index in [0.29, 0.717) is 5.69 Å². The molecule has 0 unspecified atom stereocenters. The van der Waals surface area contributed by atoms with Gasteiger partial charge in [0.15, 0.2) is 6.10 Å². The first-order valence-corrected chi connectivity index (χ1v) is 8.04. The maximum Gasteiger partial charge on any atom is 0.339 e. The van der Waals surface area contributed by atoms with E-state index in [0.717, 1.165) is 0 Å². The maximum absolute atomic E-state index is 12.8. The summed E-state index contributed by atoms with van der Waals surface area (Å²) in [5, 5.41) is 1.82.